The Kier molecular flexibility index (Phi) is 10.6. The predicted octanol–water partition coefficient (Wildman–Crippen LogP) is 3.19. The van der Waals surface area contributed by atoms with Crippen molar-refractivity contribution in [1.29, 1.82) is 0 Å². The van der Waals surface area contributed by atoms with Gasteiger partial charge in [0, 0.05) is 12.8 Å². The summed E-state index contributed by atoms with van der Waals surface area (Å²) < 4.78 is 7.30. The van der Waals surface area contributed by atoms with Gasteiger partial charge < -0.3 is 23.9 Å². The summed E-state index contributed by atoms with van der Waals surface area (Å²) in [7, 11) is 8.51. The fraction of sp³-hybridized carbons (Fsp3) is 0.955. The molecule has 0 aliphatic heterocycles. The molecule has 28 heavy (non-hydrogen) atoms. The fourth-order valence-corrected chi connectivity index (χ4v) is 3.90. The van der Waals surface area contributed by atoms with Crippen LogP contribution in [0.5, 0.6) is 0 Å². The lowest BCUT2D eigenvalue weighted by Crippen LogP contribution is -2.47. The molecular weight excluding hydrogens is 356 g/mol. The number of carbonyl (C=O) groups is 1. The third-order valence-electron chi connectivity index (χ3n) is 5.11. The maximum atomic E-state index is 10.8. The molecule has 0 heterocycles. The van der Waals surface area contributed by atoms with Gasteiger partial charge in [0.2, 0.25) is 0 Å². The first-order valence-electron chi connectivity index (χ1n) is 10.6. The van der Waals surface area contributed by atoms with Crippen LogP contribution in [0.15, 0.2) is 0 Å². The summed E-state index contributed by atoms with van der Waals surface area (Å²) in [6, 6.07) is 0. The van der Waals surface area contributed by atoms with Gasteiger partial charge in [-0.05, 0) is 17.3 Å². The van der Waals surface area contributed by atoms with Crippen molar-refractivity contribution in [2.75, 3.05) is 61.0 Å². The largest absolute Gasteiger partial charge is 0.481 e. The minimum atomic E-state index is -0.734. The normalized spacial score (nSPS) is 14.9. The first-order valence-corrected chi connectivity index (χ1v) is 10.6. The SMILES string of the molecule is CC(C)(C)CC(C)(C)COC(O)CC[N+](C)(C)CCC[N+](C)(C)CCC(=O)O. The second-order valence-corrected chi connectivity index (χ2v) is 11.7. The summed E-state index contributed by atoms with van der Waals surface area (Å²) in [5, 5.41) is 19.1. The Morgan fingerprint density at radius 2 is 1.43 bits per heavy atom. The number of nitrogens with zero attached hydrogens (tertiary/aromatic N) is 2. The van der Waals surface area contributed by atoms with E-state index in [-0.39, 0.29) is 17.3 Å². The molecule has 0 saturated carbocycles. The molecule has 0 bridgehead atoms. The van der Waals surface area contributed by atoms with Gasteiger partial charge in [-0.15, -0.1) is 0 Å². The van der Waals surface area contributed by atoms with Crippen LogP contribution in [0.25, 0.3) is 0 Å². The average Bonchev–Trinajstić information content (AvgIpc) is 2.46. The van der Waals surface area contributed by atoms with E-state index in [2.05, 4.69) is 62.8 Å². The van der Waals surface area contributed by atoms with Crippen molar-refractivity contribution in [3.8, 4) is 0 Å². The van der Waals surface area contributed by atoms with E-state index in [0.29, 0.717) is 19.6 Å². The predicted molar refractivity (Wildman–Crippen MR) is 115 cm³/mol. The zero-order chi connectivity index (χ0) is 22.2. The number of aliphatic carboxylic acids is 1. The first kappa shape index (κ1) is 27.3. The molecule has 168 valence electrons. The molecule has 1 atom stereocenters. The molecule has 0 fully saturated rings. The van der Waals surface area contributed by atoms with Crippen LogP contribution in [0.3, 0.4) is 0 Å². The highest BCUT2D eigenvalue weighted by atomic mass is 16.6. The standard InChI is InChI=1S/C22H47N2O4/c1-21(2,3)17-22(4,5)18-28-20(27)12-16-24(8,9)14-10-13-23(6,7)15-11-19(25)26/h20,27H,10-18H2,1-9H3/q+1/p+1. The molecule has 0 radical (unpaired) electrons. The Morgan fingerprint density at radius 3 is 1.89 bits per heavy atom. The maximum absolute atomic E-state index is 10.8. The van der Waals surface area contributed by atoms with Crippen molar-refractivity contribution in [3.05, 3.63) is 0 Å². The summed E-state index contributed by atoms with van der Waals surface area (Å²) in [5.74, 6) is -0.734. The van der Waals surface area contributed by atoms with E-state index in [9.17, 15) is 9.90 Å². The van der Waals surface area contributed by atoms with E-state index in [0.717, 1.165) is 41.4 Å². The molecule has 0 saturated heterocycles. The molecular formula is C22H48N2O4+2. The third kappa shape index (κ3) is 15.3. The van der Waals surface area contributed by atoms with Gasteiger partial charge in [0.05, 0.1) is 67.4 Å². The minimum Gasteiger partial charge on any atom is -0.481 e. The van der Waals surface area contributed by atoms with Crippen LogP contribution in [0.4, 0.5) is 0 Å². The quantitative estimate of drug-likeness (QED) is 0.345. The number of quaternary nitrogens is 2. The van der Waals surface area contributed by atoms with Crippen molar-refractivity contribution >= 4 is 5.97 Å². The van der Waals surface area contributed by atoms with E-state index in [4.69, 9.17) is 9.84 Å². The van der Waals surface area contributed by atoms with E-state index >= 15 is 0 Å². The van der Waals surface area contributed by atoms with Gasteiger partial charge >= 0.3 is 5.97 Å². The molecule has 0 aromatic rings. The Labute approximate surface area is 173 Å². The van der Waals surface area contributed by atoms with Crippen molar-refractivity contribution in [2.45, 2.75) is 66.6 Å². The van der Waals surface area contributed by atoms with Crippen LogP contribution in [-0.4, -0.2) is 92.4 Å². The molecule has 1 unspecified atom stereocenters. The van der Waals surface area contributed by atoms with Crippen LogP contribution in [0.1, 0.15) is 60.3 Å². The number of aliphatic hydroxyl groups is 1. The molecule has 0 spiro atoms. The van der Waals surface area contributed by atoms with Gasteiger partial charge in [0.15, 0.2) is 6.29 Å². The van der Waals surface area contributed by atoms with Gasteiger partial charge in [0.1, 0.15) is 0 Å². The first-order chi connectivity index (χ1) is 12.4. The summed E-state index contributed by atoms with van der Waals surface area (Å²) in [6.07, 6.45) is 2.18. The smallest absolute Gasteiger partial charge is 0.309 e. The van der Waals surface area contributed by atoms with Crippen LogP contribution >= 0.6 is 0 Å². The highest BCUT2D eigenvalue weighted by Gasteiger charge is 2.27. The van der Waals surface area contributed by atoms with Gasteiger partial charge in [-0.3, -0.25) is 4.79 Å². The highest BCUT2D eigenvalue weighted by Crippen LogP contribution is 2.33. The van der Waals surface area contributed by atoms with Gasteiger partial charge in [-0.1, -0.05) is 34.6 Å². The van der Waals surface area contributed by atoms with E-state index in [1.54, 1.807) is 0 Å². The summed E-state index contributed by atoms with van der Waals surface area (Å²) >= 11 is 0. The lowest BCUT2D eigenvalue weighted by molar-refractivity contribution is -0.909. The summed E-state index contributed by atoms with van der Waals surface area (Å²) in [6.45, 7) is 15.1. The Morgan fingerprint density at radius 1 is 0.929 bits per heavy atom. The molecule has 6 nitrogen and oxygen atoms in total. The third-order valence-corrected chi connectivity index (χ3v) is 5.11. The number of carboxylic acids is 1. The number of carboxylic acid groups (broad SMARTS) is 1. The molecule has 0 aromatic carbocycles. The second kappa shape index (κ2) is 10.9. The zero-order valence-electron chi connectivity index (χ0n) is 20.0. The van der Waals surface area contributed by atoms with Crippen LogP contribution in [-0.2, 0) is 9.53 Å². The Balaban J connectivity index is 4.22. The van der Waals surface area contributed by atoms with Gasteiger partial charge in [-0.25, -0.2) is 0 Å². The minimum absolute atomic E-state index is 0.0447. The van der Waals surface area contributed by atoms with Crippen LogP contribution in [0.2, 0.25) is 0 Å². The molecule has 0 rings (SSSR count). The van der Waals surface area contributed by atoms with Crippen molar-refractivity contribution in [1.82, 2.24) is 0 Å². The van der Waals surface area contributed by atoms with E-state index in [1.165, 1.54) is 0 Å². The fourth-order valence-electron chi connectivity index (χ4n) is 3.90. The molecule has 0 aliphatic rings. The van der Waals surface area contributed by atoms with E-state index < -0.39 is 12.3 Å². The number of hydrogen-bond acceptors (Lipinski definition) is 3. The van der Waals surface area contributed by atoms with Gasteiger partial charge in [0.25, 0.3) is 0 Å². The number of ether oxygens (including phenoxy) is 1. The second-order valence-electron chi connectivity index (χ2n) is 11.7. The van der Waals surface area contributed by atoms with Crippen molar-refractivity contribution in [3.63, 3.8) is 0 Å². The van der Waals surface area contributed by atoms with Crippen molar-refractivity contribution in [2.24, 2.45) is 10.8 Å². The number of aliphatic hydroxyl groups excluding tert-OH is 1. The van der Waals surface area contributed by atoms with Crippen LogP contribution in [0, 0.1) is 10.8 Å². The van der Waals surface area contributed by atoms with Crippen LogP contribution < -0.4 is 0 Å². The topological polar surface area (TPSA) is 66.8 Å². The molecule has 0 amide bonds. The molecule has 6 heteroatoms. The van der Waals surface area contributed by atoms with Gasteiger partial charge in [-0.2, -0.15) is 0 Å². The van der Waals surface area contributed by atoms with Crippen molar-refractivity contribution < 1.29 is 28.7 Å². The molecule has 2 N–H and O–H groups in total. The lowest BCUT2D eigenvalue weighted by atomic mass is 9.77. The van der Waals surface area contributed by atoms with E-state index in [1.807, 2.05) is 0 Å². The Hall–Kier alpha value is -0.690. The molecule has 0 aliphatic carbocycles. The highest BCUT2D eigenvalue weighted by molar-refractivity contribution is 5.66. The average molecular weight is 405 g/mol. The maximum Gasteiger partial charge on any atom is 0.309 e. The summed E-state index contributed by atoms with van der Waals surface area (Å²) in [5.41, 5.74) is 0.288. The summed E-state index contributed by atoms with van der Waals surface area (Å²) in [4.78, 5) is 10.8. The zero-order valence-corrected chi connectivity index (χ0v) is 20.0. The monoisotopic (exact) mass is 404 g/mol. The lowest BCUT2D eigenvalue weighted by Gasteiger charge is -2.35. The number of hydrogen-bond donors (Lipinski definition) is 2. The molecule has 0 aromatic heterocycles. The Bertz CT molecular complexity index is 468. The number of rotatable bonds is 14.